The number of ether oxygens (including phenoxy) is 2. The van der Waals surface area contributed by atoms with Crippen molar-refractivity contribution in [3.05, 3.63) is 48.0 Å². The van der Waals surface area contributed by atoms with E-state index in [1.807, 2.05) is 18.2 Å². The molecule has 2 nitrogen and oxygen atoms in total. The molecule has 1 aromatic rings. The maximum atomic E-state index is 5.74. The fraction of sp³-hybridized carbons (Fsp3) is 0.724. The molecule has 0 amide bonds. The number of rotatable bonds is 23. The monoisotopic (exact) mass is 430 g/mol. The van der Waals surface area contributed by atoms with Gasteiger partial charge in [-0.2, -0.15) is 0 Å². The average molecular weight is 431 g/mol. The minimum atomic E-state index is 0.577. The Morgan fingerprint density at radius 1 is 0.613 bits per heavy atom. The Kier molecular flexibility index (Phi) is 19.9. The summed E-state index contributed by atoms with van der Waals surface area (Å²) in [6, 6.07) is 10.3. The third-order valence-electron chi connectivity index (χ3n) is 5.87. The van der Waals surface area contributed by atoms with Gasteiger partial charge in [-0.1, -0.05) is 140 Å². The first-order valence-electron chi connectivity index (χ1n) is 13.2. The van der Waals surface area contributed by atoms with Gasteiger partial charge in [0.25, 0.3) is 0 Å². The summed E-state index contributed by atoms with van der Waals surface area (Å²) in [5, 5.41) is 0. The van der Waals surface area contributed by atoms with E-state index < -0.39 is 0 Å². The van der Waals surface area contributed by atoms with Gasteiger partial charge in [0.1, 0.15) is 0 Å². The second-order valence-electron chi connectivity index (χ2n) is 9.08. The van der Waals surface area contributed by atoms with Gasteiger partial charge in [-0.15, -0.1) is 0 Å². The lowest BCUT2D eigenvalue weighted by atomic mass is 10.0. The van der Waals surface area contributed by atoms with E-state index >= 15 is 0 Å². The van der Waals surface area contributed by atoms with Crippen LogP contribution in [-0.4, -0.2) is 19.8 Å². The molecular weight excluding hydrogens is 380 g/mol. The van der Waals surface area contributed by atoms with Crippen LogP contribution >= 0.6 is 0 Å². The van der Waals surface area contributed by atoms with Gasteiger partial charge in [-0.05, 0) is 17.6 Å². The zero-order valence-electron chi connectivity index (χ0n) is 20.6. The van der Waals surface area contributed by atoms with Crippen molar-refractivity contribution in [1.82, 2.24) is 0 Å². The lowest BCUT2D eigenvalue weighted by Crippen LogP contribution is -2.05. The molecule has 0 aliphatic carbocycles. The first kappa shape index (κ1) is 27.9. The molecule has 0 atom stereocenters. The van der Waals surface area contributed by atoms with Crippen molar-refractivity contribution in [1.29, 1.82) is 0 Å². The highest BCUT2D eigenvalue weighted by Gasteiger charge is 1.98. The van der Waals surface area contributed by atoms with E-state index in [-0.39, 0.29) is 0 Å². The average Bonchev–Trinajstić information content (AvgIpc) is 2.79. The van der Waals surface area contributed by atoms with Crippen LogP contribution in [0.5, 0.6) is 0 Å². The fourth-order valence-electron chi connectivity index (χ4n) is 3.90. The standard InChI is InChI=1S/C29H50O2/c1-3-4-5-6-7-8-9-10-11-12-13-14-15-16-17-21-24-30-25-28(2)26-31-27-29-22-19-18-20-23-29/h18-20,22-23H,2-17,21,24-27H2,1H3. The zero-order chi connectivity index (χ0) is 22.2. The van der Waals surface area contributed by atoms with Gasteiger partial charge in [0.15, 0.2) is 0 Å². The first-order chi connectivity index (χ1) is 15.3. The Hall–Kier alpha value is -1.12. The molecule has 1 aromatic carbocycles. The number of hydrogen-bond acceptors (Lipinski definition) is 2. The van der Waals surface area contributed by atoms with Crippen LogP contribution in [-0.2, 0) is 16.1 Å². The Balaban J connectivity index is 1.72. The molecule has 0 fully saturated rings. The lowest BCUT2D eigenvalue weighted by Gasteiger charge is -2.08. The van der Waals surface area contributed by atoms with Gasteiger partial charge < -0.3 is 9.47 Å². The van der Waals surface area contributed by atoms with Crippen molar-refractivity contribution in [2.24, 2.45) is 0 Å². The summed E-state index contributed by atoms with van der Waals surface area (Å²) in [7, 11) is 0. The van der Waals surface area contributed by atoms with E-state index in [0.29, 0.717) is 19.8 Å². The largest absolute Gasteiger partial charge is 0.377 e. The van der Waals surface area contributed by atoms with Gasteiger partial charge in [0.05, 0.1) is 19.8 Å². The summed E-state index contributed by atoms with van der Waals surface area (Å²) in [4.78, 5) is 0. The summed E-state index contributed by atoms with van der Waals surface area (Å²) < 4.78 is 11.4. The van der Waals surface area contributed by atoms with Crippen LogP contribution < -0.4 is 0 Å². The van der Waals surface area contributed by atoms with Crippen molar-refractivity contribution in [3.63, 3.8) is 0 Å². The van der Waals surface area contributed by atoms with Crippen LogP contribution in [0.3, 0.4) is 0 Å². The zero-order valence-corrected chi connectivity index (χ0v) is 20.6. The molecule has 0 radical (unpaired) electrons. The topological polar surface area (TPSA) is 18.5 Å². The predicted molar refractivity (Wildman–Crippen MR) is 136 cm³/mol. The lowest BCUT2D eigenvalue weighted by molar-refractivity contribution is 0.110. The minimum Gasteiger partial charge on any atom is -0.377 e. The van der Waals surface area contributed by atoms with Crippen molar-refractivity contribution >= 4 is 0 Å². The Labute approximate surface area is 193 Å². The van der Waals surface area contributed by atoms with Gasteiger partial charge in [0.2, 0.25) is 0 Å². The molecule has 0 saturated carbocycles. The third kappa shape index (κ3) is 19.3. The molecule has 0 aromatic heterocycles. The molecule has 2 heteroatoms. The number of unbranched alkanes of at least 4 members (excludes halogenated alkanes) is 15. The van der Waals surface area contributed by atoms with Gasteiger partial charge in [-0.3, -0.25) is 0 Å². The van der Waals surface area contributed by atoms with Crippen LogP contribution in [0.4, 0.5) is 0 Å². The molecule has 0 unspecified atom stereocenters. The van der Waals surface area contributed by atoms with E-state index in [2.05, 4.69) is 25.6 Å². The van der Waals surface area contributed by atoms with Gasteiger partial charge >= 0.3 is 0 Å². The van der Waals surface area contributed by atoms with Gasteiger partial charge in [-0.25, -0.2) is 0 Å². The van der Waals surface area contributed by atoms with Crippen molar-refractivity contribution in [2.75, 3.05) is 19.8 Å². The number of benzene rings is 1. The SMILES string of the molecule is C=C(COCCCCCCCCCCCCCCCCCC)COCc1ccccc1. The molecule has 0 aliphatic heterocycles. The molecule has 178 valence electrons. The Morgan fingerprint density at radius 2 is 1.06 bits per heavy atom. The normalized spacial score (nSPS) is 11.1. The van der Waals surface area contributed by atoms with Crippen molar-refractivity contribution in [2.45, 2.75) is 116 Å². The van der Waals surface area contributed by atoms with E-state index in [9.17, 15) is 0 Å². The van der Waals surface area contributed by atoms with Crippen molar-refractivity contribution in [3.8, 4) is 0 Å². The summed E-state index contributed by atoms with van der Waals surface area (Å²) in [6.45, 7) is 9.02. The molecule has 0 bridgehead atoms. The Morgan fingerprint density at radius 3 is 1.58 bits per heavy atom. The summed E-state index contributed by atoms with van der Waals surface area (Å²) >= 11 is 0. The maximum Gasteiger partial charge on any atom is 0.0721 e. The molecule has 31 heavy (non-hydrogen) atoms. The van der Waals surface area contributed by atoms with E-state index in [1.54, 1.807) is 0 Å². The molecule has 0 heterocycles. The highest BCUT2D eigenvalue weighted by atomic mass is 16.5. The highest BCUT2D eigenvalue weighted by Crippen LogP contribution is 2.13. The first-order valence-corrected chi connectivity index (χ1v) is 13.2. The molecule has 0 aliphatic rings. The molecular formula is C29H50O2. The highest BCUT2D eigenvalue weighted by molar-refractivity contribution is 5.13. The van der Waals surface area contributed by atoms with E-state index in [0.717, 1.165) is 18.6 Å². The summed E-state index contributed by atoms with van der Waals surface area (Å²) in [5.74, 6) is 0. The van der Waals surface area contributed by atoms with E-state index in [4.69, 9.17) is 9.47 Å². The minimum absolute atomic E-state index is 0.577. The summed E-state index contributed by atoms with van der Waals surface area (Å²) in [6.07, 6.45) is 22.4. The molecule has 0 saturated heterocycles. The van der Waals surface area contributed by atoms with Crippen LogP contribution in [0.15, 0.2) is 42.5 Å². The van der Waals surface area contributed by atoms with Crippen LogP contribution in [0.1, 0.15) is 115 Å². The van der Waals surface area contributed by atoms with Gasteiger partial charge in [0, 0.05) is 6.61 Å². The van der Waals surface area contributed by atoms with E-state index in [1.165, 1.54) is 102 Å². The molecule has 0 spiro atoms. The third-order valence-corrected chi connectivity index (χ3v) is 5.87. The van der Waals surface area contributed by atoms with Crippen molar-refractivity contribution < 1.29 is 9.47 Å². The molecule has 0 N–H and O–H groups in total. The smallest absolute Gasteiger partial charge is 0.0721 e. The quantitative estimate of drug-likeness (QED) is 0.127. The van der Waals surface area contributed by atoms with Crippen LogP contribution in [0.2, 0.25) is 0 Å². The summed E-state index contributed by atoms with van der Waals surface area (Å²) in [5.41, 5.74) is 2.22. The second kappa shape index (κ2) is 22.1. The predicted octanol–water partition coefficient (Wildman–Crippen LogP) is 9.04. The number of hydrogen-bond donors (Lipinski definition) is 0. The van der Waals surface area contributed by atoms with Crippen LogP contribution in [0, 0.1) is 0 Å². The van der Waals surface area contributed by atoms with Crippen LogP contribution in [0.25, 0.3) is 0 Å². The maximum absolute atomic E-state index is 5.74. The second-order valence-corrected chi connectivity index (χ2v) is 9.08. The molecule has 1 rings (SSSR count). The Bertz CT molecular complexity index is 497. The fourth-order valence-corrected chi connectivity index (χ4v) is 3.90.